The highest BCUT2D eigenvalue weighted by Crippen LogP contribution is 2.40. The van der Waals surface area contributed by atoms with Crippen LogP contribution < -0.4 is 10.2 Å². The molecule has 3 heterocycles. The van der Waals surface area contributed by atoms with Crippen LogP contribution in [0.25, 0.3) is 0 Å². The highest BCUT2D eigenvalue weighted by Gasteiger charge is 2.41. The molecule has 6 heteroatoms. The van der Waals surface area contributed by atoms with Gasteiger partial charge >= 0.3 is 6.09 Å². The fourth-order valence-corrected chi connectivity index (χ4v) is 3.97. The van der Waals surface area contributed by atoms with E-state index in [9.17, 15) is 4.79 Å². The molecule has 1 N–H and O–H groups in total. The number of anilines is 1. The van der Waals surface area contributed by atoms with Gasteiger partial charge in [-0.25, -0.2) is 9.78 Å². The third-order valence-corrected chi connectivity index (χ3v) is 4.98. The molecule has 0 aromatic carbocycles. The zero-order valence-electron chi connectivity index (χ0n) is 15.2. The van der Waals surface area contributed by atoms with Crippen molar-refractivity contribution in [2.24, 2.45) is 11.8 Å². The molecule has 3 atom stereocenters. The topological polar surface area (TPSA) is 78.2 Å². The fourth-order valence-electron chi connectivity index (χ4n) is 3.97. The first-order chi connectivity index (χ1) is 11.9. The molecule has 1 saturated carbocycles. The number of carbonyl (C=O) groups excluding carboxylic acids is 1. The van der Waals surface area contributed by atoms with E-state index in [1.54, 1.807) is 6.20 Å². The van der Waals surface area contributed by atoms with Crippen LogP contribution >= 0.6 is 0 Å². The van der Waals surface area contributed by atoms with Gasteiger partial charge in [0.05, 0.1) is 5.56 Å². The average molecular weight is 342 g/mol. The number of nitrogens with one attached hydrogen (secondary N) is 1. The van der Waals surface area contributed by atoms with E-state index in [-0.39, 0.29) is 6.09 Å². The molecule has 0 radical (unpaired) electrons. The smallest absolute Gasteiger partial charge is 0.407 e. The number of pyridine rings is 1. The van der Waals surface area contributed by atoms with Crippen molar-refractivity contribution in [2.75, 3.05) is 18.0 Å². The zero-order chi connectivity index (χ0) is 18.0. The van der Waals surface area contributed by atoms with Crippen molar-refractivity contribution < 1.29 is 9.53 Å². The molecule has 1 aromatic rings. The number of nitriles is 1. The Hall–Kier alpha value is -2.29. The summed E-state index contributed by atoms with van der Waals surface area (Å²) >= 11 is 0. The summed E-state index contributed by atoms with van der Waals surface area (Å²) in [6, 6.07) is 6.23. The Kier molecular flexibility index (Phi) is 4.85. The van der Waals surface area contributed by atoms with Crippen molar-refractivity contribution in [1.82, 2.24) is 10.3 Å². The normalized spacial score (nSPS) is 25.4. The van der Waals surface area contributed by atoms with Gasteiger partial charge in [-0.1, -0.05) is 0 Å². The van der Waals surface area contributed by atoms with Crippen LogP contribution in [0.4, 0.5) is 10.6 Å². The Bertz CT molecular complexity index is 659. The number of nitrogens with zero attached hydrogens (tertiary/aromatic N) is 3. The lowest BCUT2D eigenvalue weighted by Crippen LogP contribution is -2.56. The Morgan fingerprint density at radius 1 is 1.44 bits per heavy atom. The standard InChI is InChI=1S/C19H26N4O2/c1-19(2,3)25-18(24)22-11-15-8-13-4-6-16(15)23(12-13)17-7-5-14(9-20)10-21-17/h5,7,10,13,15-16H,4,6,8,11-12H2,1-3H3,(H,22,24). The number of aromatic nitrogens is 1. The number of amides is 1. The maximum absolute atomic E-state index is 11.9. The minimum atomic E-state index is -0.478. The molecule has 2 aliphatic heterocycles. The van der Waals surface area contributed by atoms with Crippen molar-refractivity contribution in [3.63, 3.8) is 0 Å². The lowest BCUT2D eigenvalue weighted by atomic mass is 9.72. The summed E-state index contributed by atoms with van der Waals surface area (Å²) in [5.74, 6) is 1.96. The second-order valence-corrected chi connectivity index (χ2v) is 8.06. The van der Waals surface area contributed by atoms with E-state index in [4.69, 9.17) is 10.00 Å². The van der Waals surface area contributed by atoms with Gasteiger partial charge in [-0.05, 0) is 64.0 Å². The van der Waals surface area contributed by atoms with Crippen molar-refractivity contribution in [2.45, 2.75) is 51.7 Å². The number of fused-ring (bicyclic) bond motifs is 3. The summed E-state index contributed by atoms with van der Waals surface area (Å²) < 4.78 is 5.34. The van der Waals surface area contributed by atoms with Crippen LogP contribution in [-0.2, 0) is 4.74 Å². The van der Waals surface area contributed by atoms with Crippen LogP contribution in [-0.4, -0.2) is 35.8 Å². The predicted molar refractivity (Wildman–Crippen MR) is 95.2 cm³/mol. The highest BCUT2D eigenvalue weighted by molar-refractivity contribution is 5.67. The molecule has 3 unspecified atom stereocenters. The minimum absolute atomic E-state index is 0.350. The van der Waals surface area contributed by atoms with E-state index in [0.717, 1.165) is 25.2 Å². The lowest BCUT2D eigenvalue weighted by molar-refractivity contribution is 0.0500. The summed E-state index contributed by atoms with van der Waals surface area (Å²) in [6.45, 7) is 7.24. The number of hydrogen-bond donors (Lipinski definition) is 1. The molecule has 1 aliphatic carbocycles. The predicted octanol–water partition coefficient (Wildman–Crippen LogP) is 3.08. The zero-order valence-corrected chi connectivity index (χ0v) is 15.2. The van der Waals surface area contributed by atoms with E-state index in [2.05, 4.69) is 21.3 Å². The minimum Gasteiger partial charge on any atom is -0.444 e. The maximum Gasteiger partial charge on any atom is 0.407 e. The van der Waals surface area contributed by atoms with Crippen molar-refractivity contribution in [3.8, 4) is 6.07 Å². The van der Waals surface area contributed by atoms with Crippen molar-refractivity contribution in [3.05, 3.63) is 23.9 Å². The molecule has 3 aliphatic rings. The molecule has 2 saturated heterocycles. The Balaban J connectivity index is 1.64. The Morgan fingerprint density at radius 2 is 2.24 bits per heavy atom. The first kappa shape index (κ1) is 17.5. The number of hydrogen-bond acceptors (Lipinski definition) is 5. The Labute approximate surface area is 149 Å². The van der Waals surface area contributed by atoms with Crippen LogP contribution in [0.15, 0.2) is 18.3 Å². The molecule has 3 fully saturated rings. The maximum atomic E-state index is 11.9. The van der Waals surface area contributed by atoms with Crippen LogP contribution in [0, 0.1) is 23.2 Å². The van der Waals surface area contributed by atoms with Gasteiger partial charge in [0.25, 0.3) is 0 Å². The molecule has 134 valence electrons. The van der Waals surface area contributed by atoms with Gasteiger partial charge in [0.2, 0.25) is 0 Å². The molecule has 25 heavy (non-hydrogen) atoms. The van der Waals surface area contributed by atoms with Crippen LogP contribution in [0.2, 0.25) is 0 Å². The second-order valence-electron chi connectivity index (χ2n) is 8.06. The average Bonchev–Trinajstić information content (AvgIpc) is 2.59. The molecule has 2 bridgehead atoms. The number of piperidine rings is 2. The quantitative estimate of drug-likeness (QED) is 0.913. The SMILES string of the molecule is CC(C)(C)OC(=O)NCC1CC2CCC1N(c1ccc(C#N)cn1)C2. The van der Waals surface area contributed by atoms with E-state index >= 15 is 0 Å². The van der Waals surface area contributed by atoms with Gasteiger partial charge in [-0.2, -0.15) is 5.26 Å². The highest BCUT2D eigenvalue weighted by atomic mass is 16.6. The number of carbonyl (C=O) groups is 1. The number of rotatable bonds is 3. The molecular formula is C19H26N4O2. The first-order valence-electron chi connectivity index (χ1n) is 8.95. The summed E-state index contributed by atoms with van der Waals surface area (Å²) in [4.78, 5) is 18.7. The van der Waals surface area contributed by atoms with Gasteiger partial charge in [0.1, 0.15) is 17.5 Å². The van der Waals surface area contributed by atoms with Crippen LogP contribution in [0.5, 0.6) is 0 Å². The van der Waals surface area contributed by atoms with E-state index in [1.807, 2.05) is 32.9 Å². The molecule has 1 amide bonds. The number of ether oxygens (including phenoxy) is 1. The second kappa shape index (κ2) is 6.91. The third-order valence-electron chi connectivity index (χ3n) is 4.98. The molecule has 1 aromatic heterocycles. The first-order valence-corrected chi connectivity index (χ1v) is 8.95. The fraction of sp³-hybridized carbons (Fsp3) is 0.632. The van der Waals surface area contributed by atoms with Crippen molar-refractivity contribution >= 4 is 11.9 Å². The van der Waals surface area contributed by atoms with Gasteiger partial charge in [0.15, 0.2) is 0 Å². The molecule has 0 spiro atoms. The molecule has 4 rings (SSSR count). The van der Waals surface area contributed by atoms with E-state index in [1.165, 1.54) is 6.42 Å². The van der Waals surface area contributed by atoms with E-state index in [0.29, 0.717) is 30.0 Å². The van der Waals surface area contributed by atoms with Crippen LogP contribution in [0.1, 0.15) is 45.6 Å². The lowest BCUT2D eigenvalue weighted by Gasteiger charge is -2.50. The summed E-state index contributed by atoms with van der Waals surface area (Å²) in [7, 11) is 0. The van der Waals surface area contributed by atoms with E-state index < -0.39 is 5.60 Å². The van der Waals surface area contributed by atoms with Crippen molar-refractivity contribution in [1.29, 1.82) is 5.26 Å². The third kappa shape index (κ3) is 4.22. The Morgan fingerprint density at radius 3 is 2.84 bits per heavy atom. The van der Waals surface area contributed by atoms with Gasteiger partial charge in [-0.15, -0.1) is 0 Å². The summed E-state index contributed by atoms with van der Waals surface area (Å²) in [5, 5.41) is 11.9. The van der Waals surface area contributed by atoms with Crippen LogP contribution in [0.3, 0.4) is 0 Å². The van der Waals surface area contributed by atoms with Gasteiger partial charge in [-0.3, -0.25) is 0 Å². The monoisotopic (exact) mass is 342 g/mol. The number of alkyl carbamates (subject to hydrolysis) is 1. The molecular weight excluding hydrogens is 316 g/mol. The summed E-state index contributed by atoms with van der Waals surface area (Å²) in [5.41, 5.74) is 0.0998. The largest absolute Gasteiger partial charge is 0.444 e. The molecule has 6 nitrogen and oxygen atoms in total. The van der Waals surface area contributed by atoms with Gasteiger partial charge in [0, 0.05) is 25.3 Å². The van der Waals surface area contributed by atoms with Gasteiger partial charge < -0.3 is 15.0 Å². The summed E-state index contributed by atoms with van der Waals surface area (Å²) in [6.07, 6.45) is 4.77.